The summed E-state index contributed by atoms with van der Waals surface area (Å²) in [6.45, 7) is 3.50. The Labute approximate surface area is 330 Å². The van der Waals surface area contributed by atoms with Gasteiger partial charge in [0.15, 0.2) is 11.6 Å². The van der Waals surface area contributed by atoms with Crippen LogP contribution in [0.1, 0.15) is 168 Å². The summed E-state index contributed by atoms with van der Waals surface area (Å²) in [5.74, 6) is -1.68. The van der Waals surface area contributed by atoms with Crippen LogP contribution in [0.5, 0.6) is 0 Å². The summed E-state index contributed by atoms with van der Waals surface area (Å²) in [4.78, 5) is 40.6. The third kappa shape index (κ3) is 27.8. The molecule has 0 aliphatic carbocycles. The first-order valence-electron chi connectivity index (χ1n) is 21.3. The van der Waals surface area contributed by atoms with Crippen molar-refractivity contribution in [2.75, 3.05) is 40.9 Å². The normalized spacial score (nSPS) is 14.6. The number of hydrogen-bond acceptors (Lipinski definition) is 8. The van der Waals surface area contributed by atoms with Gasteiger partial charge in [0.25, 0.3) is 7.82 Å². The van der Waals surface area contributed by atoms with E-state index in [0.29, 0.717) is 36.7 Å². The predicted molar refractivity (Wildman–Crippen MR) is 222 cm³/mol. The van der Waals surface area contributed by atoms with Gasteiger partial charge in [0, 0.05) is 12.8 Å². The lowest BCUT2D eigenvalue weighted by molar-refractivity contribution is -0.870. The number of aliphatic hydroxyl groups excluding tert-OH is 2. The fraction of sp³-hybridized carbons (Fsp3) is 0.773. The third-order valence-electron chi connectivity index (χ3n) is 9.45. The summed E-state index contributed by atoms with van der Waals surface area (Å²) >= 11 is 0. The molecule has 0 amide bonds. The molecule has 0 rings (SSSR count). The number of phosphoric acid groups is 1. The molecule has 1 unspecified atom stereocenters. The molecule has 0 saturated heterocycles. The topological polar surface area (TPSA) is 133 Å². The van der Waals surface area contributed by atoms with Gasteiger partial charge in [-0.1, -0.05) is 127 Å². The molecule has 0 saturated carbocycles. The zero-order valence-corrected chi connectivity index (χ0v) is 35.9. The highest BCUT2D eigenvalue weighted by Gasteiger charge is 2.53. The first-order valence-corrected chi connectivity index (χ1v) is 22.7. The highest BCUT2D eigenvalue weighted by atomic mass is 31.2. The van der Waals surface area contributed by atoms with E-state index in [0.717, 1.165) is 77.0 Å². The maximum atomic E-state index is 13.8. The maximum absolute atomic E-state index is 13.8. The SMILES string of the molecule is CCCCC/C=C\C/C=C\CCCCCCCC(=O)C(OP(=O)([O-])OCC[N+](C)(C)C)(C(=O)CCCCCCC/C=C\C/C=C\CCCCC)[C@@H](O)CO. The molecule has 0 aromatic carbocycles. The van der Waals surface area contributed by atoms with E-state index in [4.69, 9.17) is 9.05 Å². The molecule has 0 aliphatic heterocycles. The number of allylic oxidation sites excluding steroid dienone is 8. The van der Waals surface area contributed by atoms with E-state index in [1.54, 1.807) is 0 Å². The molecule has 9 nitrogen and oxygen atoms in total. The van der Waals surface area contributed by atoms with Crippen molar-refractivity contribution in [3.8, 4) is 0 Å². The van der Waals surface area contributed by atoms with Crippen molar-refractivity contribution in [2.45, 2.75) is 180 Å². The Morgan fingerprint density at radius 1 is 0.648 bits per heavy atom. The van der Waals surface area contributed by atoms with Gasteiger partial charge in [-0.2, -0.15) is 0 Å². The van der Waals surface area contributed by atoms with Gasteiger partial charge in [-0.3, -0.25) is 18.7 Å². The minimum atomic E-state index is -5.22. The first kappa shape index (κ1) is 52.3. The van der Waals surface area contributed by atoms with Crippen LogP contribution in [0, 0.1) is 0 Å². The monoisotopic (exact) mass is 782 g/mol. The van der Waals surface area contributed by atoms with Crippen molar-refractivity contribution in [3.63, 3.8) is 0 Å². The van der Waals surface area contributed by atoms with Crippen LogP contribution < -0.4 is 4.89 Å². The first-order chi connectivity index (χ1) is 25.9. The number of quaternary nitrogens is 1. The van der Waals surface area contributed by atoms with E-state index in [-0.39, 0.29) is 19.4 Å². The predicted octanol–water partition coefficient (Wildman–Crippen LogP) is 10.1. The standard InChI is InChI=1S/C44H80NO8P/c1-6-8-10-12-14-16-18-20-22-24-26-28-30-32-34-36-41(47)44(43(49)40-46,53-54(50,51)52-39-38-45(3,4)5)42(48)37-35-33-31-29-27-25-23-21-19-17-15-13-11-9-7-2/h14-17,20-23,43,46,49H,6-13,18-19,24-40H2,1-5H3/b16-14-,17-15-,22-20-,23-21-/t43-/m0/s1. The van der Waals surface area contributed by atoms with Gasteiger partial charge in [0.1, 0.15) is 19.3 Å². The van der Waals surface area contributed by atoms with Crippen molar-refractivity contribution in [3.05, 3.63) is 48.6 Å². The number of likely N-dealkylation sites (N-methyl/N-ethyl adjacent to an activating group) is 1. The van der Waals surface area contributed by atoms with E-state index in [1.807, 2.05) is 21.1 Å². The molecule has 2 atom stereocenters. The molecule has 0 spiro atoms. The van der Waals surface area contributed by atoms with Crippen LogP contribution >= 0.6 is 7.82 Å². The van der Waals surface area contributed by atoms with Gasteiger partial charge in [0.2, 0.25) is 5.60 Å². The number of ketones is 2. The molecule has 2 N–H and O–H groups in total. The number of carbonyl (C=O) groups is 2. The summed E-state index contributed by atoms with van der Waals surface area (Å²) in [6, 6.07) is 0. The van der Waals surface area contributed by atoms with Crippen LogP contribution in [-0.2, 0) is 23.2 Å². The molecule has 0 bridgehead atoms. The molecule has 0 aliphatic rings. The molecule has 0 fully saturated rings. The molecular formula is C44H80NO8P. The number of hydrogen-bond donors (Lipinski definition) is 2. The van der Waals surface area contributed by atoms with Crippen LogP contribution in [0.25, 0.3) is 0 Å². The Balaban J connectivity index is 5.10. The Morgan fingerprint density at radius 2 is 1.02 bits per heavy atom. The van der Waals surface area contributed by atoms with Gasteiger partial charge in [-0.25, -0.2) is 0 Å². The molecule has 0 heterocycles. The Morgan fingerprint density at radius 3 is 1.39 bits per heavy atom. The highest BCUT2D eigenvalue weighted by molar-refractivity contribution is 7.46. The number of rotatable bonds is 38. The van der Waals surface area contributed by atoms with E-state index >= 15 is 0 Å². The zero-order valence-electron chi connectivity index (χ0n) is 35.0. The van der Waals surface area contributed by atoms with E-state index in [2.05, 4.69) is 62.5 Å². The van der Waals surface area contributed by atoms with Crippen molar-refractivity contribution in [2.24, 2.45) is 0 Å². The Kier molecular flexibility index (Phi) is 32.4. The van der Waals surface area contributed by atoms with Crippen molar-refractivity contribution < 1.29 is 42.8 Å². The molecule has 314 valence electrons. The maximum Gasteiger partial charge on any atom is 0.269 e. The molecule has 0 radical (unpaired) electrons. The van der Waals surface area contributed by atoms with Gasteiger partial charge in [0.05, 0.1) is 27.7 Å². The minimum Gasteiger partial charge on any atom is -0.756 e. The lowest BCUT2D eigenvalue weighted by atomic mass is 9.82. The van der Waals surface area contributed by atoms with Gasteiger partial charge < -0.3 is 24.1 Å². The van der Waals surface area contributed by atoms with Crippen LogP contribution in [-0.4, -0.2) is 78.9 Å². The lowest BCUT2D eigenvalue weighted by Crippen LogP contribution is -2.59. The Bertz CT molecular complexity index is 1050. The van der Waals surface area contributed by atoms with Gasteiger partial charge in [-0.15, -0.1) is 0 Å². The second kappa shape index (κ2) is 33.4. The van der Waals surface area contributed by atoms with Crippen LogP contribution in [0.4, 0.5) is 0 Å². The number of unbranched alkanes of at least 4 members (excludes halogenated alkanes) is 16. The van der Waals surface area contributed by atoms with Crippen LogP contribution in [0.15, 0.2) is 48.6 Å². The van der Waals surface area contributed by atoms with E-state index in [1.165, 1.54) is 38.5 Å². The van der Waals surface area contributed by atoms with Crippen molar-refractivity contribution in [1.82, 2.24) is 0 Å². The molecule has 0 aromatic rings. The largest absolute Gasteiger partial charge is 0.756 e. The Hall–Kier alpha value is -1.71. The average molecular weight is 782 g/mol. The quantitative estimate of drug-likeness (QED) is 0.0208. The van der Waals surface area contributed by atoms with Gasteiger partial charge in [-0.05, 0) is 77.0 Å². The number of nitrogens with zero attached hydrogens (tertiary/aromatic N) is 1. The summed E-state index contributed by atoms with van der Waals surface area (Å²) in [5.41, 5.74) is -2.74. The summed E-state index contributed by atoms with van der Waals surface area (Å²) in [7, 11) is 0.377. The van der Waals surface area contributed by atoms with Crippen molar-refractivity contribution >= 4 is 19.4 Å². The molecule has 0 aromatic heterocycles. The fourth-order valence-electron chi connectivity index (χ4n) is 6.01. The third-order valence-corrected chi connectivity index (χ3v) is 10.5. The highest BCUT2D eigenvalue weighted by Crippen LogP contribution is 2.46. The van der Waals surface area contributed by atoms with Gasteiger partial charge >= 0.3 is 0 Å². The summed E-state index contributed by atoms with van der Waals surface area (Å²) < 4.78 is 23.8. The van der Waals surface area contributed by atoms with Crippen molar-refractivity contribution in [1.29, 1.82) is 0 Å². The smallest absolute Gasteiger partial charge is 0.269 e. The second-order valence-corrected chi connectivity index (χ2v) is 17.0. The second-order valence-electron chi connectivity index (χ2n) is 15.6. The summed E-state index contributed by atoms with van der Waals surface area (Å²) in [5, 5.41) is 20.9. The lowest BCUT2D eigenvalue weighted by Gasteiger charge is -2.39. The number of Topliss-reactive ketones (excluding diaryl/α,β-unsaturated/α-hetero) is 2. The summed E-state index contributed by atoms with van der Waals surface area (Å²) in [6.07, 6.45) is 37.0. The molecule has 54 heavy (non-hydrogen) atoms. The number of carbonyl (C=O) groups excluding carboxylic acids is 2. The minimum absolute atomic E-state index is 0.158. The van der Waals surface area contributed by atoms with Crippen LogP contribution in [0.3, 0.4) is 0 Å². The van der Waals surface area contributed by atoms with E-state index in [9.17, 15) is 29.3 Å². The van der Waals surface area contributed by atoms with Crippen LogP contribution in [0.2, 0.25) is 0 Å². The average Bonchev–Trinajstić information content (AvgIpc) is 3.12. The zero-order chi connectivity index (χ0) is 40.4. The number of aliphatic hydroxyl groups is 2. The van der Waals surface area contributed by atoms with E-state index < -0.39 is 37.7 Å². The molecule has 10 heteroatoms. The molecular weight excluding hydrogens is 701 g/mol. The number of phosphoric ester groups is 1. The fourth-order valence-corrected chi connectivity index (χ4v) is 7.05.